The number of furan rings is 2. The lowest BCUT2D eigenvalue weighted by Crippen LogP contribution is -1.95. The normalized spacial score (nSPS) is 12.7. The minimum atomic E-state index is 0.908. The highest BCUT2D eigenvalue weighted by Crippen LogP contribution is 2.50. The second-order valence-electron chi connectivity index (χ2n) is 15.1. The zero-order valence-corrected chi connectivity index (χ0v) is 29.7. The van der Waals surface area contributed by atoms with Crippen molar-refractivity contribution in [2.24, 2.45) is 0 Å². The van der Waals surface area contributed by atoms with E-state index < -0.39 is 0 Å². The third kappa shape index (κ3) is 3.93. The van der Waals surface area contributed by atoms with Gasteiger partial charge in [0.2, 0.25) is 0 Å². The Morgan fingerprint density at radius 1 is 0.309 bits per heavy atom. The first-order valence-corrected chi connectivity index (χ1v) is 19.0. The average molecular weight is 699 g/mol. The molecule has 0 radical (unpaired) electrons. The third-order valence-electron chi connectivity index (χ3n) is 12.3. The molecule has 0 saturated carbocycles. The van der Waals surface area contributed by atoms with E-state index in [1.807, 2.05) is 6.07 Å². The molecule has 0 N–H and O–H groups in total. The lowest BCUT2D eigenvalue weighted by molar-refractivity contribution is 0.669. The summed E-state index contributed by atoms with van der Waals surface area (Å²) in [7, 11) is 0. The SMILES string of the molecule is c1ccc2c(c1)Cc1c-2cccc1-c1cc(-c2cccc3c2oc2ccccc23)c2ccc3ccc(-c4cccc5c4oc4ccccc45)c4ccc1c2c34. The molecular formula is C53H30O2. The summed E-state index contributed by atoms with van der Waals surface area (Å²) in [5, 5.41) is 12.0. The number of benzene rings is 10. The Morgan fingerprint density at radius 2 is 0.800 bits per heavy atom. The van der Waals surface area contributed by atoms with E-state index in [4.69, 9.17) is 8.83 Å². The van der Waals surface area contributed by atoms with Gasteiger partial charge in [-0.2, -0.15) is 0 Å². The molecule has 0 aliphatic heterocycles. The molecule has 55 heavy (non-hydrogen) atoms. The van der Waals surface area contributed by atoms with E-state index in [-0.39, 0.29) is 0 Å². The van der Waals surface area contributed by atoms with E-state index in [2.05, 4.69) is 164 Å². The number of hydrogen-bond donors (Lipinski definition) is 0. The monoisotopic (exact) mass is 698 g/mol. The second kappa shape index (κ2) is 10.7. The third-order valence-corrected chi connectivity index (χ3v) is 12.3. The molecule has 0 amide bonds. The highest BCUT2D eigenvalue weighted by Gasteiger charge is 2.26. The fourth-order valence-electron chi connectivity index (χ4n) is 9.91. The smallest absolute Gasteiger partial charge is 0.143 e. The van der Waals surface area contributed by atoms with E-state index in [9.17, 15) is 0 Å². The highest BCUT2D eigenvalue weighted by atomic mass is 16.3. The molecule has 1 aliphatic rings. The number of fused-ring (bicyclic) bond motifs is 9. The Hall–Kier alpha value is -7.16. The first kappa shape index (κ1) is 29.3. The summed E-state index contributed by atoms with van der Waals surface area (Å²) in [4.78, 5) is 0. The predicted molar refractivity (Wildman–Crippen MR) is 229 cm³/mol. The number of hydrogen-bond acceptors (Lipinski definition) is 2. The summed E-state index contributed by atoms with van der Waals surface area (Å²) in [6.45, 7) is 0. The van der Waals surface area contributed by atoms with E-state index in [1.54, 1.807) is 0 Å². The molecule has 0 saturated heterocycles. The molecule has 2 heteroatoms. The van der Waals surface area contributed by atoms with Crippen molar-refractivity contribution in [1.82, 2.24) is 0 Å². The molecule has 2 heterocycles. The van der Waals surface area contributed by atoms with Crippen LogP contribution in [-0.4, -0.2) is 0 Å². The molecule has 0 spiro atoms. The summed E-state index contributed by atoms with van der Waals surface area (Å²) in [5.74, 6) is 0. The molecule has 2 nitrogen and oxygen atoms in total. The first-order chi connectivity index (χ1) is 27.3. The van der Waals surface area contributed by atoms with Crippen molar-refractivity contribution in [2.75, 3.05) is 0 Å². The number of rotatable bonds is 3. The molecule has 254 valence electrons. The van der Waals surface area contributed by atoms with Crippen LogP contribution < -0.4 is 0 Å². The number of para-hydroxylation sites is 4. The molecule has 1 aliphatic carbocycles. The van der Waals surface area contributed by atoms with Crippen molar-refractivity contribution < 1.29 is 8.83 Å². The Morgan fingerprint density at radius 3 is 1.53 bits per heavy atom. The van der Waals surface area contributed by atoms with E-state index in [0.717, 1.165) is 61.4 Å². The Bertz CT molecular complexity index is 3580. The lowest BCUT2D eigenvalue weighted by Gasteiger charge is -2.20. The maximum absolute atomic E-state index is 6.72. The summed E-state index contributed by atoms with van der Waals surface area (Å²) in [5.41, 5.74) is 16.2. The van der Waals surface area contributed by atoms with Crippen molar-refractivity contribution in [3.05, 3.63) is 181 Å². The van der Waals surface area contributed by atoms with Gasteiger partial charge in [-0.25, -0.2) is 0 Å². The van der Waals surface area contributed by atoms with Gasteiger partial charge in [0.25, 0.3) is 0 Å². The second-order valence-corrected chi connectivity index (χ2v) is 15.1. The van der Waals surface area contributed by atoms with Crippen LogP contribution in [0.3, 0.4) is 0 Å². The molecule has 0 atom stereocenters. The van der Waals surface area contributed by atoms with Crippen LogP contribution >= 0.6 is 0 Å². The average Bonchev–Trinajstić information content (AvgIpc) is 3.94. The van der Waals surface area contributed by atoms with Gasteiger partial charge >= 0.3 is 0 Å². The molecule has 2 aromatic heterocycles. The van der Waals surface area contributed by atoms with Gasteiger partial charge in [0.05, 0.1) is 0 Å². The zero-order chi connectivity index (χ0) is 35.8. The van der Waals surface area contributed by atoms with E-state index >= 15 is 0 Å². The minimum Gasteiger partial charge on any atom is -0.455 e. The fourth-order valence-corrected chi connectivity index (χ4v) is 9.91. The van der Waals surface area contributed by atoms with Crippen LogP contribution in [0.1, 0.15) is 11.1 Å². The van der Waals surface area contributed by atoms with Gasteiger partial charge in [-0.05, 0) is 101 Å². The van der Waals surface area contributed by atoms with Crippen LogP contribution in [0.5, 0.6) is 0 Å². The van der Waals surface area contributed by atoms with E-state index in [1.165, 1.54) is 76.8 Å². The zero-order valence-electron chi connectivity index (χ0n) is 29.7. The Labute approximate surface area is 315 Å². The van der Waals surface area contributed by atoms with Crippen molar-refractivity contribution in [3.8, 4) is 44.5 Å². The summed E-state index contributed by atoms with van der Waals surface area (Å²) in [6, 6.07) is 62.0. The molecule has 12 aromatic rings. The van der Waals surface area contributed by atoms with Gasteiger partial charge in [0, 0.05) is 32.7 Å². The van der Waals surface area contributed by atoms with Gasteiger partial charge in [-0.1, -0.05) is 152 Å². The maximum atomic E-state index is 6.72. The fraction of sp³-hybridized carbons (Fsp3) is 0.0189. The molecule has 0 unspecified atom stereocenters. The van der Waals surface area contributed by atoms with Crippen LogP contribution in [0.25, 0.3) is 121 Å². The molecular weight excluding hydrogens is 669 g/mol. The molecule has 0 fully saturated rings. The van der Waals surface area contributed by atoms with Crippen LogP contribution in [0.2, 0.25) is 0 Å². The molecule has 13 rings (SSSR count). The molecule has 0 bridgehead atoms. The standard InChI is InChI=1S/C53H30O2/c1-2-11-32-31(10-1)28-45-33(32)14-7-15-34(45)46-29-47(44-19-9-18-43-37-13-4-6-21-49(37)55-53(43)44)39-25-23-30-22-24-35(38-26-27-40(46)51(39)50(30)38)41-16-8-17-42-36-12-3-5-20-48(36)54-52(41)42/h1-27,29H,28H2. The van der Waals surface area contributed by atoms with Crippen LogP contribution in [0.4, 0.5) is 0 Å². The van der Waals surface area contributed by atoms with E-state index in [0.29, 0.717) is 0 Å². The van der Waals surface area contributed by atoms with Crippen molar-refractivity contribution in [3.63, 3.8) is 0 Å². The topological polar surface area (TPSA) is 26.3 Å². The van der Waals surface area contributed by atoms with Crippen LogP contribution in [0, 0.1) is 0 Å². The van der Waals surface area contributed by atoms with Gasteiger partial charge in [-0.15, -0.1) is 0 Å². The molecule has 10 aromatic carbocycles. The Kier molecular flexibility index (Phi) is 5.71. The quantitative estimate of drug-likeness (QED) is 0.172. The minimum absolute atomic E-state index is 0.908. The predicted octanol–water partition coefficient (Wildman–Crippen LogP) is 15.0. The Balaban J connectivity index is 1.16. The van der Waals surface area contributed by atoms with Crippen LogP contribution in [-0.2, 0) is 6.42 Å². The summed E-state index contributed by atoms with van der Waals surface area (Å²) < 4.78 is 13.3. The van der Waals surface area contributed by atoms with Crippen molar-refractivity contribution >= 4 is 76.2 Å². The summed E-state index contributed by atoms with van der Waals surface area (Å²) >= 11 is 0. The highest BCUT2D eigenvalue weighted by molar-refractivity contribution is 6.31. The first-order valence-electron chi connectivity index (χ1n) is 19.0. The van der Waals surface area contributed by atoms with Gasteiger partial charge in [0.1, 0.15) is 22.3 Å². The maximum Gasteiger partial charge on any atom is 0.143 e. The largest absolute Gasteiger partial charge is 0.455 e. The van der Waals surface area contributed by atoms with Crippen LogP contribution in [0.15, 0.2) is 179 Å². The summed E-state index contributed by atoms with van der Waals surface area (Å²) in [6.07, 6.45) is 0.920. The lowest BCUT2D eigenvalue weighted by atomic mass is 9.82. The van der Waals surface area contributed by atoms with Gasteiger partial charge in [0.15, 0.2) is 0 Å². The van der Waals surface area contributed by atoms with Gasteiger partial charge in [-0.3, -0.25) is 0 Å². The van der Waals surface area contributed by atoms with Crippen molar-refractivity contribution in [2.45, 2.75) is 6.42 Å². The van der Waals surface area contributed by atoms with Crippen molar-refractivity contribution in [1.29, 1.82) is 0 Å². The van der Waals surface area contributed by atoms with Gasteiger partial charge < -0.3 is 8.83 Å².